The van der Waals surface area contributed by atoms with Crippen molar-refractivity contribution in [2.24, 2.45) is 0 Å². The molecule has 0 heterocycles. The highest BCUT2D eigenvalue weighted by Crippen LogP contribution is 2.24. The number of carbonyl (C=O) groups is 1. The molecule has 6 heteroatoms. The Bertz CT molecular complexity index is 644. The van der Waals surface area contributed by atoms with Gasteiger partial charge in [0, 0.05) is 29.5 Å². The number of anilines is 3. The van der Waals surface area contributed by atoms with Gasteiger partial charge in [-0.15, -0.1) is 0 Å². The summed E-state index contributed by atoms with van der Waals surface area (Å²) in [6.45, 7) is 0.908. The predicted molar refractivity (Wildman–Crippen MR) is 92.5 cm³/mol. The Balaban J connectivity index is 2.19. The molecular weight excluding hydrogens is 346 g/mol. The number of nitrogens with one attached hydrogen (secondary N) is 2. The normalized spacial score (nSPS) is 10.3. The van der Waals surface area contributed by atoms with Crippen LogP contribution in [0.5, 0.6) is 0 Å². The topological polar surface area (TPSA) is 76.4 Å². The number of methoxy groups -OCH3 is 1. The van der Waals surface area contributed by atoms with Gasteiger partial charge >= 0.3 is 0 Å². The zero-order chi connectivity index (χ0) is 15.9. The van der Waals surface area contributed by atoms with E-state index < -0.39 is 0 Å². The van der Waals surface area contributed by atoms with Crippen molar-refractivity contribution in [3.63, 3.8) is 0 Å². The van der Waals surface area contributed by atoms with Crippen molar-refractivity contribution in [2.45, 2.75) is 0 Å². The van der Waals surface area contributed by atoms with E-state index in [2.05, 4.69) is 26.6 Å². The zero-order valence-corrected chi connectivity index (χ0v) is 13.8. The average molecular weight is 364 g/mol. The summed E-state index contributed by atoms with van der Waals surface area (Å²) in [7, 11) is 1.59. The molecule has 0 atom stereocenters. The molecule has 0 fully saturated rings. The molecule has 2 aromatic carbocycles. The molecule has 2 aromatic rings. The molecule has 4 N–H and O–H groups in total. The molecule has 0 unspecified atom stereocenters. The Morgan fingerprint density at radius 3 is 2.64 bits per heavy atom. The number of nitrogens with two attached hydrogens (primary N) is 1. The molecule has 0 spiro atoms. The molecule has 0 saturated carbocycles. The van der Waals surface area contributed by atoms with Crippen molar-refractivity contribution in [3.05, 3.63) is 52.5 Å². The van der Waals surface area contributed by atoms with Gasteiger partial charge in [-0.1, -0.05) is 15.9 Å². The lowest BCUT2D eigenvalue weighted by molar-refractivity contribution is 0.0938. The first kappa shape index (κ1) is 16.3. The third kappa shape index (κ3) is 4.47. The van der Waals surface area contributed by atoms with Crippen LogP contribution in [0.1, 0.15) is 10.4 Å². The number of halogens is 1. The Kier molecular flexibility index (Phi) is 5.80. The van der Waals surface area contributed by atoms with Gasteiger partial charge in [-0.2, -0.15) is 0 Å². The number of carbonyl (C=O) groups excluding carboxylic acids is 1. The van der Waals surface area contributed by atoms with Crippen LogP contribution in [0.2, 0.25) is 0 Å². The fourth-order valence-electron chi connectivity index (χ4n) is 1.91. The summed E-state index contributed by atoms with van der Waals surface area (Å²) >= 11 is 3.39. The summed E-state index contributed by atoms with van der Waals surface area (Å²) in [5.41, 5.74) is 8.42. The van der Waals surface area contributed by atoms with E-state index in [1.807, 2.05) is 24.3 Å². The van der Waals surface area contributed by atoms with Gasteiger partial charge in [0.05, 0.1) is 17.9 Å². The van der Waals surface area contributed by atoms with E-state index in [9.17, 15) is 4.79 Å². The van der Waals surface area contributed by atoms with Gasteiger partial charge in [-0.05, 0) is 42.5 Å². The van der Waals surface area contributed by atoms with E-state index in [1.54, 1.807) is 25.3 Å². The van der Waals surface area contributed by atoms with E-state index in [0.29, 0.717) is 30.1 Å². The lowest BCUT2D eigenvalue weighted by Crippen LogP contribution is -2.27. The molecule has 0 aliphatic rings. The molecule has 0 aliphatic heterocycles. The molecule has 5 nitrogen and oxygen atoms in total. The molecule has 2 rings (SSSR count). The van der Waals surface area contributed by atoms with Crippen molar-refractivity contribution >= 4 is 38.9 Å². The largest absolute Gasteiger partial charge is 0.399 e. The van der Waals surface area contributed by atoms with Gasteiger partial charge in [0.25, 0.3) is 5.91 Å². The van der Waals surface area contributed by atoms with Gasteiger partial charge in [-0.25, -0.2) is 0 Å². The van der Waals surface area contributed by atoms with Gasteiger partial charge in [-0.3, -0.25) is 4.79 Å². The summed E-state index contributed by atoms with van der Waals surface area (Å²) < 4.78 is 5.92. The van der Waals surface area contributed by atoms with Crippen LogP contribution in [0, 0.1) is 0 Å². The number of ether oxygens (including phenoxy) is 1. The zero-order valence-electron chi connectivity index (χ0n) is 12.2. The fraction of sp³-hybridized carbons (Fsp3) is 0.188. The van der Waals surface area contributed by atoms with Crippen molar-refractivity contribution in [3.8, 4) is 0 Å². The average Bonchev–Trinajstić information content (AvgIpc) is 2.51. The van der Waals surface area contributed by atoms with Gasteiger partial charge in [0.15, 0.2) is 0 Å². The Labute approximate surface area is 138 Å². The van der Waals surface area contributed by atoms with Crippen LogP contribution in [-0.4, -0.2) is 26.2 Å². The summed E-state index contributed by atoms with van der Waals surface area (Å²) in [4.78, 5) is 12.3. The van der Waals surface area contributed by atoms with Crippen LogP contribution >= 0.6 is 15.9 Å². The van der Waals surface area contributed by atoms with Crippen molar-refractivity contribution in [1.82, 2.24) is 5.32 Å². The Hall–Kier alpha value is -2.05. The lowest BCUT2D eigenvalue weighted by atomic mass is 10.1. The number of rotatable bonds is 6. The standard InChI is InChI=1S/C16H18BrN3O2/c1-22-9-8-19-16(21)14-10-12(18)4-7-15(14)20-13-5-2-11(17)3-6-13/h2-7,10,20H,8-9,18H2,1H3,(H,19,21). The second-order valence-electron chi connectivity index (χ2n) is 4.69. The third-order valence-electron chi connectivity index (χ3n) is 3.00. The maximum absolute atomic E-state index is 12.3. The Morgan fingerprint density at radius 2 is 1.95 bits per heavy atom. The summed E-state index contributed by atoms with van der Waals surface area (Å²) in [6, 6.07) is 12.9. The quantitative estimate of drug-likeness (QED) is 0.544. The maximum Gasteiger partial charge on any atom is 0.253 e. The predicted octanol–water partition coefficient (Wildman–Crippen LogP) is 3.15. The molecule has 1 amide bonds. The second-order valence-corrected chi connectivity index (χ2v) is 5.60. The molecule has 0 aliphatic carbocycles. The van der Waals surface area contributed by atoms with Crippen LogP contribution < -0.4 is 16.4 Å². The van der Waals surface area contributed by atoms with Crippen molar-refractivity contribution in [2.75, 3.05) is 31.3 Å². The fourth-order valence-corrected chi connectivity index (χ4v) is 2.17. The van der Waals surface area contributed by atoms with E-state index in [4.69, 9.17) is 10.5 Å². The molecule has 22 heavy (non-hydrogen) atoms. The minimum absolute atomic E-state index is 0.191. The second kappa shape index (κ2) is 7.82. The highest BCUT2D eigenvalue weighted by atomic mass is 79.9. The van der Waals surface area contributed by atoms with Crippen LogP contribution in [0.4, 0.5) is 17.1 Å². The first-order valence-electron chi connectivity index (χ1n) is 6.79. The summed E-state index contributed by atoms with van der Waals surface area (Å²) in [5, 5.41) is 6.03. The highest BCUT2D eigenvalue weighted by molar-refractivity contribution is 9.10. The molecule has 0 radical (unpaired) electrons. The van der Waals surface area contributed by atoms with Crippen molar-refractivity contribution in [1.29, 1.82) is 0 Å². The minimum Gasteiger partial charge on any atom is -0.399 e. The third-order valence-corrected chi connectivity index (χ3v) is 3.53. The lowest BCUT2D eigenvalue weighted by Gasteiger charge is -2.13. The number of hydrogen-bond acceptors (Lipinski definition) is 4. The van der Waals surface area contributed by atoms with Crippen molar-refractivity contribution < 1.29 is 9.53 Å². The molecule has 116 valence electrons. The van der Waals surface area contributed by atoms with Gasteiger partial charge in [0.1, 0.15) is 0 Å². The monoisotopic (exact) mass is 363 g/mol. The number of hydrogen-bond donors (Lipinski definition) is 3. The van der Waals surface area contributed by atoms with Crippen LogP contribution in [-0.2, 0) is 4.74 Å². The van der Waals surface area contributed by atoms with Gasteiger partial charge in [0.2, 0.25) is 0 Å². The molecule has 0 aromatic heterocycles. The van der Waals surface area contributed by atoms with E-state index in [1.165, 1.54) is 0 Å². The van der Waals surface area contributed by atoms with E-state index in [0.717, 1.165) is 10.2 Å². The van der Waals surface area contributed by atoms with Gasteiger partial charge < -0.3 is 21.1 Å². The molecule has 0 bridgehead atoms. The van der Waals surface area contributed by atoms with Crippen LogP contribution in [0.25, 0.3) is 0 Å². The number of amides is 1. The molecular formula is C16H18BrN3O2. The maximum atomic E-state index is 12.3. The smallest absolute Gasteiger partial charge is 0.253 e. The highest BCUT2D eigenvalue weighted by Gasteiger charge is 2.12. The molecule has 0 saturated heterocycles. The Morgan fingerprint density at radius 1 is 1.23 bits per heavy atom. The summed E-state index contributed by atoms with van der Waals surface area (Å²) in [6.07, 6.45) is 0. The van der Waals surface area contributed by atoms with E-state index >= 15 is 0 Å². The number of benzene rings is 2. The van der Waals surface area contributed by atoms with Crippen LogP contribution in [0.3, 0.4) is 0 Å². The van der Waals surface area contributed by atoms with E-state index in [-0.39, 0.29) is 5.91 Å². The summed E-state index contributed by atoms with van der Waals surface area (Å²) in [5.74, 6) is -0.191. The minimum atomic E-state index is -0.191. The van der Waals surface area contributed by atoms with Crippen LogP contribution in [0.15, 0.2) is 46.9 Å². The first-order chi connectivity index (χ1) is 10.6. The number of nitrogen functional groups attached to an aromatic ring is 1. The SMILES string of the molecule is COCCNC(=O)c1cc(N)ccc1Nc1ccc(Br)cc1. The first-order valence-corrected chi connectivity index (χ1v) is 7.58.